The van der Waals surface area contributed by atoms with Gasteiger partial charge in [-0.2, -0.15) is 0 Å². The van der Waals surface area contributed by atoms with Gasteiger partial charge in [0.25, 0.3) is 6.04 Å². The lowest BCUT2D eigenvalue weighted by molar-refractivity contribution is -0.505. The Morgan fingerprint density at radius 2 is 1.66 bits per heavy atom. The molecule has 3 atom stereocenters. The number of carbonyl (C=O) groups is 3. The summed E-state index contributed by atoms with van der Waals surface area (Å²) in [5.41, 5.74) is 6.20. The van der Waals surface area contributed by atoms with Crippen LogP contribution in [0.2, 0.25) is 0 Å². The van der Waals surface area contributed by atoms with E-state index in [2.05, 4.69) is 25.5 Å². The molecule has 0 aromatic heterocycles. The first-order valence-electron chi connectivity index (χ1n) is 17.2. The summed E-state index contributed by atoms with van der Waals surface area (Å²) >= 11 is 0. The maximum atomic E-state index is 14.0. The van der Waals surface area contributed by atoms with Gasteiger partial charge in [-0.05, 0) is 65.0 Å². The number of aliphatic imine (C=N–C) groups is 2. The fourth-order valence-corrected chi connectivity index (χ4v) is 7.34. The van der Waals surface area contributed by atoms with Gasteiger partial charge in [0, 0.05) is 56.3 Å². The first-order valence-corrected chi connectivity index (χ1v) is 17.2. The van der Waals surface area contributed by atoms with Gasteiger partial charge in [0.15, 0.2) is 6.17 Å². The summed E-state index contributed by atoms with van der Waals surface area (Å²) in [4.78, 5) is 68.0. The van der Waals surface area contributed by atoms with Crippen LogP contribution in [0.1, 0.15) is 64.7 Å². The second kappa shape index (κ2) is 16.3. The standard InChI is InChI=1S/C32H50N10O5/c1-23-28(42(46)47)29(33)37-31(35-23)36-26(30(44)40-20-10-24(11-21-40)38-15-7-5-8-16-38)22-27(43)39-18-12-25(13-19-39)41-17-9-4-2-3-6-14-34-32(41)45/h2-4,6,24-26,28-29H,5,7-22,33H2,1H3,(H,34,45)(H,36,37)/b4-2-,6-3-/t26-,28?,29?/m0/s1. The van der Waals surface area contributed by atoms with Crippen molar-refractivity contribution in [3.05, 3.63) is 34.4 Å². The highest BCUT2D eigenvalue weighted by atomic mass is 16.6. The van der Waals surface area contributed by atoms with E-state index < -0.39 is 23.2 Å². The second-order valence-corrected chi connectivity index (χ2v) is 13.1. The Kier molecular flexibility index (Phi) is 12.0. The first-order chi connectivity index (χ1) is 22.7. The molecule has 258 valence electrons. The molecule has 15 nitrogen and oxygen atoms in total. The Balaban J connectivity index is 1.23. The fourth-order valence-electron chi connectivity index (χ4n) is 7.34. The first kappa shape index (κ1) is 34.5. The lowest BCUT2D eigenvalue weighted by atomic mass is 9.98. The molecule has 3 saturated heterocycles. The number of urea groups is 1. The summed E-state index contributed by atoms with van der Waals surface area (Å²) in [5.74, 6) is -0.363. The molecule has 47 heavy (non-hydrogen) atoms. The van der Waals surface area contributed by atoms with Crippen molar-refractivity contribution in [3.8, 4) is 0 Å². The molecule has 2 unspecified atom stereocenters. The summed E-state index contributed by atoms with van der Waals surface area (Å²) in [7, 11) is 0. The molecular formula is C32H50N10O5. The number of hydrogen-bond acceptors (Lipinski definition) is 10. The van der Waals surface area contributed by atoms with E-state index in [9.17, 15) is 24.5 Å². The number of amides is 4. The van der Waals surface area contributed by atoms with Crippen LogP contribution in [0.25, 0.3) is 0 Å². The summed E-state index contributed by atoms with van der Waals surface area (Å²) in [5, 5.41) is 17.5. The van der Waals surface area contributed by atoms with E-state index >= 15 is 0 Å². The van der Waals surface area contributed by atoms with Gasteiger partial charge in [0.1, 0.15) is 6.04 Å². The topological polar surface area (TPSA) is 182 Å². The maximum absolute atomic E-state index is 14.0. The molecule has 0 saturated carbocycles. The third kappa shape index (κ3) is 8.95. The van der Waals surface area contributed by atoms with E-state index in [0.29, 0.717) is 58.2 Å². The monoisotopic (exact) mass is 654 g/mol. The molecule has 4 amide bonds. The molecule has 0 aliphatic carbocycles. The van der Waals surface area contributed by atoms with Crippen LogP contribution in [0.5, 0.6) is 0 Å². The van der Waals surface area contributed by atoms with Crippen LogP contribution < -0.4 is 16.4 Å². The summed E-state index contributed by atoms with van der Waals surface area (Å²) in [6, 6.07) is -1.83. The predicted molar refractivity (Wildman–Crippen MR) is 178 cm³/mol. The highest BCUT2D eigenvalue weighted by molar-refractivity contribution is 6.02. The zero-order valence-corrected chi connectivity index (χ0v) is 27.5. The Morgan fingerprint density at radius 3 is 2.34 bits per heavy atom. The minimum absolute atomic E-state index is 0.0116. The molecule has 0 aromatic carbocycles. The average molecular weight is 655 g/mol. The number of carbonyl (C=O) groups excluding carboxylic acids is 3. The minimum Gasteiger partial charge on any atom is -0.342 e. The molecule has 0 aromatic rings. The van der Waals surface area contributed by atoms with Crippen molar-refractivity contribution in [1.29, 1.82) is 0 Å². The predicted octanol–water partition coefficient (Wildman–Crippen LogP) is 1.09. The molecule has 0 spiro atoms. The van der Waals surface area contributed by atoms with Crippen LogP contribution in [0, 0.1) is 10.1 Å². The Bertz CT molecular complexity index is 1260. The van der Waals surface area contributed by atoms with Crippen LogP contribution >= 0.6 is 0 Å². The number of allylic oxidation sites excluding steroid dienone is 2. The van der Waals surface area contributed by atoms with E-state index in [4.69, 9.17) is 5.73 Å². The number of nitrogens with two attached hydrogens (primary N) is 1. The number of nitro groups is 1. The van der Waals surface area contributed by atoms with Crippen molar-refractivity contribution in [1.82, 2.24) is 30.2 Å². The molecule has 15 heteroatoms. The molecule has 0 radical (unpaired) electrons. The molecule has 0 bridgehead atoms. The zero-order valence-electron chi connectivity index (χ0n) is 27.5. The third-order valence-corrected chi connectivity index (χ3v) is 10.0. The number of piperidine rings is 3. The second-order valence-electron chi connectivity index (χ2n) is 13.1. The van der Waals surface area contributed by atoms with E-state index in [0.717, 1.165) is 32.4 Å². The largest absolute Gasteiger partial charge is 0.342 e. The number of likely N-dealkylation sites (tertiary alicyclic amines) is 3. The fraction of sp³-hybridized carbons (Fsp3) is 0.719. The molecule has 5 rings (SSSR count). The molecule has 5 aliphatic rings. The average Bonchev–Trinajstić information content (AvgIpc) is 3.07. The Hall–Kier alpha value is -3.85. The summed E-state index contributed by atoms with van der Waals surface area (Å²) < 4.78 is 0. The highest BCUT2D eigenvalue weighted by Crippen LogP contribution is 2.23. The normalized spacial score (nSPS) is 27.6. The van der Waals surface area contributed by atoms with Crippen LogP contribution in [0.3, 0.4) is 0 Å². The number of hydrogen-bond donors (Lipinski definition) is 3. The van der Waals surface area contributed by atoms with Crippen LogP contribution in [0.4, 0.5) is 4.79 Å². The van der Waals surface area contributed by atoms with Gasteiger partial charge in [-0.1, -0.05) is 30.7 Å². The van der Waals surface area contributed by atoms with Crippen LogP contribution in [-0.2, 0) is 9.59 Å². The van der Waals surface area contributed by atoms with Crippen molar-refractivity contribution >= 4 is 29.5 Å². The third-order valence-electron chi connectivity index (χ3n) is 10.0. The lowest BCUT2D eigenvalue weighted by Crippen LogP contribution is -2.56. The molecule has 4 N–H and O–H groups in total. The van der Waals surface area contributed by atoms with Crippen molar-refractivity contribution in [2.45, 2.75) is 95.0 Å². The smallest absolute Gasteiger partial charge is 0.317 e. The van der Waals surface area contributed by atoms with E-state index in [1.165, 1.54) is 26.2 Å². The van der Waals surface area contributed by atoms with Crippen molar-refractivity contribution < 1.29 is 19.3 Å². The van der Waals surface area contributed by atoms with E-state index in [1.54, 1.807) is 4.90 Å². The number of nitrogens with one attached hydrogen (secondary N) is 2. The molecule has 5 aliphatic heterocycles. The van der Waals surface area contributed by atoms with Crippen LogP contribution in [0.15, 0.2) is 34.3 Å². The zero-order chi connectivity index (χ0) is 33.3. The number of guanidine groups is 1. The Labute approximate surface area is 276 Å². The van der Waals surface area contributed by atoms with Gasteiger partial charge in [-0.15, -0.1) is 0 Å². The number of nitrogens with zero attached hydrogens (tertiary/aromatic N) is 7. The van der Waals surface area contributed by atoms with Crippen molar-refractivity contribution in [2.75, 3.05) is 52.4 Å². The van der Waals surface area contributed by atoms with Crippen molar-refractivity contribution in [3.63, 3.8) is 0 Å². The van der Waals surface area contributed by atoms with Gasteiger partial charge < -0.3 is 36.0 Å². The SMILES string of the molecule is CC1=NC(N[C@@H](CC(=O)N2CCC(N3CC/C=C\C=C/CNC3=O)CC2)C(=O)N2CCC(N3CCCCC3)CC2)=NC(N)C1[N+](=O)[O-]. The summed E-state index contributed by atoms with van der Waals surface area (Å²) in [6.07, 6.45) is 14.1. The van der Waals surface area contributed by atoms with Gasteiger partial charge in [0.05, 0.1) is 12.1 Å². The van der Waals surface area contributed by atoms with Gasteiger partial charge in [0.2, 0.25) is 17.8 Å². The Morgan fingerprint density at radius 1 is 1.00 bits per heavy atom. The maximum Gasteiger partial charge on any atom is 0.317 e. The van der Waals surface area contributed by atoms with E-state index in [-0.39, 0.29) is 42.0 Å². The molecule has 5 heterocycles. The van der Waals surface area contributed by atoms with E-state index in [1.807, 2.05) is 34.1 Å². The van der Waals surface area contributed by atoms with Gasteiger partial charge in [-0.3, -0.25) is 19.7 Å². The minimum atomic E-state index is -1.25. The van der Waals surface area contributed by atoms with Crippen LogP contribution in [-0.4, -0.2) is 137 Å². The quantitative estimate of drug-likeness (QED) is 0.269. The lowest BCUT2D eigenvalue weighted by Gasteiger charge is -2.41. The highest BCUT2D eigenvalue weighted by Gasteiger charge is 2.38. The van der Waals surface area contributed by atoms with Gasteiger partial charge in [-0.25, -0.2) is 14.8 Å². The number of rotatable bonds is 7. The van der Waals surface area contributed by atoms with Gasteiger partial charge >= 0.3 is 6.03 Å². The summed E-state index contributed by atoms with van der Waals surface area (Å²) in [6.45, 7) is 6.92. The van der Waals surface area contributed by atoms with Crippen molar-refractivity contribution in [2.24, 2.45) is 15.7 Å². The molecule has 3 fully saturated rings. The molecular weight excluding hydrogens is 604 g/mol.